The van der Waals surface area contributed by atoms with Crippen LogP contribution in [0.1, 0.15) is 43.5 Å². The van der Waals surface area contributed by atoms with Crippen molar-refractivity contribution >= 4 is 23.4 Å². The highest BCUT2D eigenvalue weighted by atomic mass is 35.5. The first-order valence-corrected chi connectivity index (χ1v) is 8.89. The van der Waals surface area contributed by atoms with Crippen LogP contribution < -0.4 is 16.4 Å². The van der Waals surface area contributed by atoms with Crippen LogP contribution in [-0.2, 0) is 4.79 Å². The molecule has 6 heteroatoms. The third kappa shape index (κ3) is 5.21. The zero-order chi connectivity index (χ0) is 17.7. The average Bonchev–Trinajstić information content (AvgIpc) is 3.42. The maximum absolute atomic E-state index is 12.5. The molecule has 4 N–H and O–H groups in total. The summed E-state index contributed by atoms with van der Waals surface area (Å²) in [6, 6.07) is 6.02. The van der Waals surface area contributed by atoms with Crippen LogP contribution in [0.4, 0.5) is 0 Å². The summed E-state index contributed by atoms with van der Waals surface area (Å²) in [5.74, 6) is 0.0933. The van der Waals surface area contributed by atoms with Gasteiger partial charge in [-0.05, 0) is 48.9 Å². The molecule has 0 aliphatic heterocycles. The Bertz CT molecular complexity index is 572. The number of carbonyl (C=O) groups excluding carboxylic acids is 2. The zero-order valence-electron chi connectivity index (χ0n) is 14.2. The highest BCUT2D eigenvalue weighted by Gasteiger charge is 2.30. The molecule has 1 aromatic carbocycles. The highest BCUT2D eigenvalue weighted by Crippen LogP contribution is 2.31. The minimum Gasteiger partial charge on any atom is -0.353 e. The van der Waals surface area contributed by atoms with Gasteiger partial charge >= 0.3 is 0 Å². The van der Waals surface area contributed by atoms with Gasteiger partial charge in [0.2, 0.25) is 5.91 Å². The fourth-order valence-electron chi connectivity index (χ4n) is 2.55. The van der Waals surface area contributed by atoms with E-state index in [4.69, 9.17) is 17.3 Å². The number of hydrogen-bond acceptors (Lipinski definition) is 3. The second-order valence-corrected chi connectivity index (χ2v) is 7.03. The molecule has 132 valence electrons. The Balaban J connectivity index is 1.97. The predicted octanol–water partition coefficient (Wildman–Crippen LogP) is 2.34. The predicted molar refractivity (Wildman–Crippen MR) is 95.9 cm³/mol. The van der Waals surface area contributed by atoms with Gasteiger partial charge < -0.3 is 16.4 Å². The van der Waals surface area contributed by atoms with Gasteiger partial charge in [0, 0.05) is 23.2 Å². The fourth-order valence-corrected chi connectivity index (χ4v) is 2.67. The van der Waals surface area contributed by atoms with Crippen molar-refractivity contribution in [3.8, 4) is 0 Å². The van der Waals surface area contributed by atoms with E-state index in [2.05, 4.69) is 10.6 Å². The normalized spacial score (nSPS) is 17.7. The first-order chi connectivity index (χ1) is 11.4. The lowest BCUT2D eigenvalue weighted by atomic mass is 9.97. The number of benzene rings is 1. The minimum atomic E-state index is -0.579. The molecule has 5 nitrogen and oxygen atoms in total. The smallest absolute Gasteiger partial charge is 0.251 e. The van der Waals surface area contributed by atoms with E-state index < -0.39 is 6.04 Å². The number of hydrogen-bond donors (Lipinski definition) is 3. The number of carbonyl (C=O) groups is 2. The third-order valence-corrected chi connectivity index (χ3v) is 4.88. The van der Waals surface area contributed by atoms with E-state index in [1.807, 2.05) is 13.8 Å². The zero-order valence-corrected chi connectivity index (χ0v) is 15.0. The minimum absolute atomic E-state index is 0.00139. The van der Waals surface area contributed by atoms with Crippen molar-refractivity contribution in [3.05, 3.63) is 34.9 Å². The van der Waals surface area contributed by atoms with Gasteiger partial charge in [-0.25, -0.2) is 0 Å². The maximum atomic E-state index is 12.5. The summed E-state index contributed by atoms with van der Waals surface area (Å²) in [6.45, 7) is 4.40. The second kappa shape index (κ2) is 8.49. The Morgan fingerprint density at radius 2 is 1.92 bits per heavy atom. The van der Waals surface area contributed by atoms with Gasteiger partial charge in [-0.2, -0.15) is 0 Å². The molecule has 1 aliphatic rings. The van der Waals surface area contributed by atoms with Crippen molar-refractivity contribution in [2.45, 2.75) is 45.2 Å². The van der Waals surface area contributed by atoms with Crippen LogP contribution in [0, 0.1) is 11.8 Å². The molecule has 0 radical (unpaired) electrons. The van der Waals surface area contributed by atoms with Gasteiger partial charge in [0.05, 0.1) is 0 Å². The van der Waals surface area contributed by atoms with Crippen LogP contribution in [0.25, 0.3) is 0 Å². The molecular formula is C18H26ClN3O2. The number of rotatable bonds is 8. The monoisotopic (exact) mass is 351 g/mol. The second-order valence-electron chi connectivity index (χ2n) is 6.59. The Labute approximate surface area is 148 Å². The molecule has 2 rings (SSSR count). The van der Waals surface area contributed by atoms with Crippen LogP contribution >= 0.6 is 11.6 Å². The van der Waals surface area contributed by atoms with Gasteiger partial charge in [0.15, 0.2) is 0 Å². The molecule has 1 saturated carbocycles. The quantitative estimate of drug-likeness (QED) is 0.672. The van der Waals surface area contributed by atoms with Crippen LogP contribution in [-0.4, -0.2) is 30.4 Å². The molecule has 2 amide bonds. The van der Waals surface area contributed by atoms with Crippen molar-refractivity contribution in [2.75, 3.05) is 6.54 Å². The molecule has 0 saturated heterocycles. The van der Waals surface area contributed by atoms with E-state index in [-0.39, 0.29) is 23.8 Å². The van der Waals surface area contributed by atoms with Crippen LogP contribution in [0.2, 0.25) is 5.02 Å². The first kappa shape index (κ1) is 18.7. The summed E-state index contributed by atoms with van der Waals surface area (Å²) in [6.07, 6.45) is 3.06. The maximum Gasteiger partial charge on any atom is 0.251 e. The Kier molecular flexibility index (Phi) is 6.63. The van der Waals surface area contributed by atoms with Gasteiger partial charge in [0.1, 0.15) is 6.04 Å². The highest BCUT2D eigenvalue weighted by molar-refractivity contribution is 6.30. The molecule has 3 atom stereocenters. The van der Waals surface area contributed by atoms with Gasteiger partial charge in [-0.1, -0.05) is 31.9 Å². The van der Waals surface area contributed by atoms with Crippen molar-refractivity contribution in [2.24, 2.45) is 17.6 Å². The van der Waals surface area contributed by atoms with Crippen molar-refractivity contribution in [1.82, 2.24) is 10.6 Å². The number of halogens is 1. The van der Waals surface area contributed by atoms with Crippen LogP contribution in [0.15, 0.2) is 24.3 Å². The summed E-state index contributed by atoms with van der Waals surface area (Å²) in [4.78, 5) is 24.9. The first-order valence-electron chi connectivity index (χ1n) is 8.52. The number of amides is 2. The Morgan fingerprint density at radius 1 is 1.29 bits per heavy atom. The van der Waals surface area contributed by atoms with E-state index in [0.717, 1.165) is 19.3 Å². The number of nitrogens with two attached hydrogens (primary N) is 1. The lowest BCUT2D eigenvalue weighted by molar-refractivity contribution is -0.124. The molecule has 0 bridgehead atoms. The molecule has 0 spiro atoms. The Morgan fingerprint density at radius 3 is 2.46 bits per heavy atom. The molecule has 1 aliphatic carbocycles. The van der Waals surface area contributed by atoms with Crippen LogP contribution in [0.3, 0.4) is 0 Å². The molecule has 1 aromatic rings. The standard InChI is InChI=1S/C18H26ClN3O2/c1-3-11(2)16(18(24)21-10-15(20)12-4-5-12)22-17(23)13-6-8-14(19)9-7-13/h6-9,11-12,15-16H,3-5,10,20H2,1-2H3,(H,21,24)(H,22,23). The van der Waals surface area contributed by atoms with E-state index in [9.17, 15) is 9.59 Å². The molecular weight excluding hydrogens is 326 g/mol. The fraction of sp³-hybridized carbons (Fsp3) is 0.556. The van der Waals surface area contributed by atoms with Gasteiger partial charge in [0.25, 0.3) is 5.91 Å². The summed E-state index contributed by atoms with van der Waals surface area (Å²) in [7, 11) is 0. The topological polar surface area (TPSA) is 84.2 Å². The summed E-state index contributed by atoms with van der Waals surface area (Å²) < 4.78 is 0. The van der Waals surface area contributed by atoms with Crippen molar-refractivity contribution in [3.63, 3.8) is 0 Å². The Hall–Kier alpha value is -1.59. The van der Waals surface area contributed by atoms with Gasteiger partial charge in [-0.3, -0.25) is 9.59 Å². The average molecular weight is 352 g/mol. The van der Waals surface area contributed by atoms with Gasteiger partial charge in [-0.15, -0.1) is 0 Å². The molecule has 1 fully saturated rings. The van der Waals surface area contributed by atoms with Crippen LogP contribution in [0.5, 0.6) is 0 Å². The molecule has 0 heterocycles. The molecule has 0 aromatic heterocycles. The van der Waals surface area contributed by atoms with Crippen molar-refractivity contribution < 1.29 is 9.59 Å². The van der Waals surface area contributed by atoms with E-state index in [0.29, 0.717) is 23.0 Å². The lowest BCUT2D eigenvalue weighted by Crippen LogP contribution is -2.52. The summed E-state index contributed by atoms with van der Waals surface area (Å²) in [5, 5.41) is 6.29. The summed E-state index contributed by atoms with van der Waals surface area (Å²) >= 11 is 5.84. The van der Waals surface area contributed by atoms with Crippen molar-refractivity contribution in [1.29, 1.82) is 0 Å². The largest absolute Gasteiger partial charge is 0.353 e. The molecule has 3 unspecified atom stereocenters. The van der Waals surface area contributed by atoms with E-state index >= 15 is 0 Å². The third-order valence-electron chi connectivity index (χ3n) is 4.63. The van der Waals surface area contributed by atoms with E-state index in [1.165, 1.54) is 0 Å². The molecule has 24 heavy (non-hydrogen) atoms. The van der Waals surface area contributed by atoms with E-state index in [1.54, 1.807) is 24.3 Å². The number of nitrogens with one attached hydrogen (secondary N) is 2. The summed E-state index contributed by atoms with van der Waals surface area (Å²) in [5.41, 5.74) is 6.51. The SMILES string of the molecule is CCC(C)C(NC(=O)c1ccc(Cl)cc1)C(=O)NCC(N)C1CC1. The lowest BCUT2D eigenvalue weighted by Gasteiger charge is -2.24.